The van der Waals surface area contributed by atoms with Crippen LogP contribution in [-0.4, -0.2) is 31.3 Å². The van der Waals surface area contributed by atoms with Gasteiger partial charge >= 0.3 is 5.97 Å². The van der Waals surface area contributed by atoms with Gasteiger partial charge in [-0.05, 0) is 37.0 Å². The highest BCUT2D eigenvalue weighted by Gasteiger charge is 2.21. The van der Waals surface area contributed by atoms with Gasteiger partial charge < -0.3 is 14.7 Å². The van der Waals surface area contributed by atoms with Gasteiger partial charge in [0.05, 0.1) is 6.61 Å². The molecule has 0 amide bonds. The minimum atomic E-state index is -1.19. The summed E-state index contributed by atoms with van der Waals surface area (Å²) in [7, 11) is 2.03. The van der Waals surface area contributed by atoms with E-state index in [4.69, 9.17) is 4.74 Å². The summed E-state index contributed by atoms with van der Waals surface area (Å²) >= 11 is 0. The maximum atomic E-state index is 11.5. The number of carbonyl (C=O) groups excluding carboxylic acids is 1. The third-order valence-electron chi connectivity index (χ3n) is 3.29. The summed E-state index contributed by atoms with van der Waals surface area (Å²) in [6.45, 7) is 3.01. The van der Waals surface area contributed by atoms with Gasteiger partial charge in [0.2, 0.25) is 0 Å². The number of hydrogen-bond acceptors (Lipinski definition) is 4. The molecule has 0 spiro atoms. The van der Waals surface area contributed by atoms with Crippen LogP contribution in [-0.2, 0) is 16.0 Å². The van der Waals surface area contributed by atoms with Crippen LogP contribution in [0.1, 0.15) is 30.6 Å². The van der Waals surface area contributed by atoms with E-state index in [0.29, 0.717) is 5.56 Å². The Kier molecular flexibility index (Phi) is 3.87. The van der Waals surface area contributed by atoms with E-state index in [1.807, 2.05) is 19.2 Å². The number of ether oxygens (including phenoxy) is 1. The fourth-order valence-corrected chi connectivity index (χ4v) is 2.30. The molecular formula is C14H19NO3. The number of aliphatic hydroxyl groups is 1. The van der Waals surface area contributed by atoms with E-state index in [1.165, 1.54) is 5.56 Å². The first kappa shape index (κ1) is 12.9. The Morgan fingerprint density at radius 3 is 3.06 bits per heavy atom. The first-order valence-electron chi connectivity index (χ1n) is 6.32. The number of aryl methyl sites for hydroxylation is 1. The second kappa shape index (κ2) is 5.40. The number of benzene rings is 1. The highest BCUT2D eigenvalue weighted by molar-refractivity contribution is 5.77. The Labute approximate surface area is 107 Å². The molecule has 1 unspecified atom stereocenters. The van der Waals surface area contributed by atoms with Gasteiger partial charge in [-0.15, -0.1) is 0 Å². The number of esters is 1. The Balaban J connectivity index is 2.25. The van der Waals surface area contributed by atoms with Crippen molar-refractivity contribution in [2.24, 2.45) is 0 Å². The highest BCUT2D eigenvalue weighted by atomic mass is 16.5. The first-order chi connectivity index (χ1) is 8.63. The Hall–Kier alpha value is -1.55. The molecule has 0 bridgehead atoms. The van der Waals surface area contributed by atoms with Crippen molar-refractivity contribution in [1.82, 2.24) is 0 Å². The summed E-state index contributed by atoms with van der Waals surface area (Å²) < 4.78 is 4.83. The molecule has 0 radical (unpaired) electrons. The number of hydrogen-bond donors (Lipinski definition) is 1. The van der Waals surface area contributed by atoms with Crippen LogP contribution in [0.3, 0.4) is 0 Å². The van der Waals surface area contributed by atoms with E-state index >= 15 is 0 Å². The number of nitrogens with zero attached hydrogens (tertiary/aromatic N) is 1. The fourth-order valence-electron chi connectivity index (χ4n) is 2.30. The maximum absolute atomic E-state index is 11.5. The van der Waals surface area contributed by atoms with Crippen LogP contribution in [0.4, 0.5) is 5.69 Å². The van der Waals surface area contributed by atoms with E-state index in [2.05, 4.69) is 4.90 Å². The summed E-state index contributed by atoms with van der Waals surface area (Å²) in [6, 6.07) is 5.68. The zero-order valence-corrected chi connectivity index (χ0v) is 10.8. The second-order valence-corrected chi connectivity index (χ2v) is 4.57. The lowest BCUT2D eigenvalue weighted by atomic mass is 9.98. The predicted octanol–water partition coefficient (Wildman–Crippen LogP) is 1.67. The summed E-state index contributed by atoms with van der Waals surface area (Å²) in [4.78, 5) is 13.7. The van der Waals surface area contributed by atoms with E-state index < -0.39 is 12.1 Å². The van der Waals surface area contributed by atoms with Gasteiger partial charge in [-0.1, -0.05) is 12.1 Å². The highest BCUT2D eigenvalue weighted by Crippen LogP contribution is 2.29. The lowest BCUT2D eigenvalue weighted by molar-refractivity contribution is -0.153. The van der Waals surface area contributed by atoms with Crippen molar-refractivity contribution in [2.45, 2.75) is 25.9 Å². The maximum Gasteiger partial charge on any atom is 0.339 e. The molecule has 0 fully saturated rings. The Bertz CT molecular complexity index is 445. The Morgan fingerprint density at radius 2 is 2.33 bits per heavy atom. The molecule has 1 aliphatic heterocycles. The third kappa shape index (κ3) is 2.48. The van der Waals surface area contributed by atoms with E-state index in [9.17, 15) is 9.90 Å². The zero-order chi connectivity index (χ0) is 13.1. The summed E-state index contributed by atoms with van der Waals surface area (Å²) in [6.07, 6.45) is 1.00. The topological polar surface area (TPSA) is 49.8 Å². The molecular weight excluding hydrogens is 230 g/mol. The minimum Gasteiger partial charge on any atom is -0.464 e. The first-order valence-corrected chi connectivity index (χ1v) is 6.32. The second-order valence-electron chi connectivity index (χ2n) is 4.57. The lowest BCUT2D eigenvalue weighted by Crippen LogP contribution is -2.25. The summed E-state index contributed by atoms with van der Waals surface area (Å²) in [5.74, 6) is -0.587. The molecule has 98 valence electrons. The van der Waals surface area contributed by atoms with Crippen LogP contribution in [0.2, 0.25) is 0 Å². The fraction of sp³-hybridized carbons (Fsp3) is 0.500. The Morgan fingerprint density at radius 1 is 1.56 bits per heavy atom. The predicted molar refractivity (Wildman–Crippen MR) is 69.6 cm³/mol. The molecule has 1 atom stereocenters. The van der Waals surface area contributed by atoms with Crippen LogP contribution in [0.25, 0.3) is 0 Å². The van der Waals surface area contributed by atoms with Gasteiger partial charge in [-0.2, -0.15) is 0 Å². The molecule has 1 aliphatic rings. The normalized spacial score (nSPS) is 16.1. The van der Waals surface area contributed by atoms with Crippen molar-refractivity contribution in [3.63, 3.8) is 0 Å². The molecule has 4 nitrogen and oxygen atoms in total. The van der Waals surface area contributed by atoms with E-state index in [0.717, 1.165) is 25.1 Å². The standard InChI is InChI=1S/C14H19NO3/c1-3-18-14(17)13(16)11-7-6-10-5-4-8-15(2)12(10)9-11/h6-7,9,13,16H,3-5,8H2,1-2H3. The van der Waals surface area contributed by atoms with Gasteiger partial charge in [-0.25, -0.2) is 4.79 Å². The monoisotopic (exact) mass is 249 g/mol. The van der Waals surface area contributed by atoms with Crippen LogP contribution in [0.15, 0.2) is 18.2 Å². The molecule has 1 aromatic carbocycles. The molecule has 18 heavy (non-hydrogen) atoms. The molecule has 0 aromatic heterocycles. The van der Waals surface area contributed by atoms with Crippen LogP contribution < -0.4 is 4.90 Å². The van der Waals surface area contributed by atoms with Gasteiger partial charge in [0, 0.05) is 19.3 Å². The van der Waals surface area contributed by atoms with Gasteiger partial charge in [0.25, 0.3) is 0 Å². The molecule has 2 rings (SSSR count). The van der Waals surface area contributed by atoms with Crippen molar-refractivity contribution >= 4 is 11.7 Å². The van der Waals surface area contributed by atoms with Crippen LogP contribution >= 0.6 is 0 Å². The van der Waals surface area contributed by atoms with E-state index in [1.54, 1.807) is 13.0 Å². The molecule has 1 heterocycles. The van der Waals surface area contributed by atoms with Crippen molar-refractivity contribution in [3.8, 4) is 0 Å². The largest absolute Gasteiger partial charge is 0.464 e. The summed E-state index contributed by atoms with van der Waals surface area (Å²) in [5.41, 5.74) is 2.96. The molecule has 4 heteroatoms. The summed E-state index contributed by atoms with van der Waals surface area (Å²) in [5, 5.41) is 9.91. The molecule has 1 N–H and O–H groups in total. The molecule has 0 saturated carbocycles. The number of aliphatic hydroxyl groups excluding tert-OH is 1. The number of anilines is 1. The molecule has 0 saturated heterocycles. The smallest absolute Gasteiger partial charge is 0.339 e. The van der Waals surface area contributed by atoms with Gasteiger partial charge in [0.15, 0.2) is 6.10 Å². The van der Waals surface area contributed by atoms with E-state index in [-0.39, 0.29) is 6.61 Å². The quantitative estimate of drug-likeness (QED) is 0.828. The lowest BCUT2D eigenvalue weighted by Gasteiger charge is -2.28. The van der Waals surface area contributed by atoms with Crippen LogP contribution in [0.5, 0.6) is 0 Å². The molecule has 1 aromatic rings. The zero-order valence-electron chi connectivity index (χ0n) is 10.8. The average molecular weight is 249 g/mol. The minimum absolute atomic E-state index is 0.279. The van der Waals surface area contributed by atoms with Crippen molar-refractivity contribution < 1.29 is 14.6 Å². The number of carbonyl (C=O) groups is 1. The number of rotatable bonds is 3. The number of fused-ring (bicyclic) bond motifs is 1. The van der Waals surface area contributed by atoms with Crippen molar-refractivity contribution in [2.75, 3.05) is 25.1 Å². The third-order valence-corrected chi connectivity index (χ3v) is 3.29. The molecule has 0 aliphatic carbocycles. The SMILES string of the molecule is CCOC(=O)C(O)c1ccc2c(c1)N(C)CCC2. The van der Waals surface area contributed by atoms with Crippen molar-refractivity contribution in [1.29, 1.82) is 0 Å². The van der Waals surface area contributed by atoms with Crippen molar-refractivity contribution in [3.05, 3.63) is 29.3 Å². The van der Waals surface area contributed by atoms with Gasteiger partial charge in [-0.3, -0.25) is 0 Å². The van der Waals surface area contributed by atoms with Gasteiger partial charge in [0.1, 0.15) is 0 Å². The van der Waals surface area contributed by atoms with Crippen LogP contribution in [0, 0.1) is 0 Å². The average Bonchev–Trinajstić information content (AvgIpc) is 2.38.